The van der Waals surface area contributed by atoms with Crippen LogP contribution in [0.1, 0.15) is 44.5 Å². The van der Waals surface area contributed by atoms with Crippen LogP contribution in [0, 0.1) is 11.8 Å². The van der Waals surface area contributed by atoms with Crippen molar-refractivity contribution >= 4 is 18.3 Å². The molecule has 1 saturated heterocycles. The molecule has 2 heterocycles. The van der Waals surface area contributed by atoms with Crippen LogP contribution in [0.3, 0.4) is 0 Å². The molecule has 1 fully saturated rings. The average Bonchev–Trinajstić information content (AvgIpc) is 3.18. The zero-order valence-electron chi connectivity index (χ0n) is 16.7. The molecular formula is C21H31ClN4O2. The van der Waals surface area contributed by atoms with Crippen molar-refractivity contribution < 1.29 is 9.32 Å². The van der Waals surface area contributed by atoms with Gasteiger partial charge in [-0.3, -0.25) is 4.79 Å². The molecule has 0 spiro atoms. The van der Waals surface area contributed by atoms with E-state index in [9.17, 15) is 4.79 Å². The summed E-state index contributed by atoms with van der Waals surface area (Å²) in [5, 5.41) is 10.4. The van der Waals surface area contributed by atoms with Crippen LogP contribution in [0.15, 0.2) is 28.8 Å². The summed E-state index contributed by atoms with van der Waals surface area (Å²) >= 11 is 0. The van der Waals surface area contributed by atoms with Crippen molar-refractivity contribution in [3.05, 3.63) is 35.7 Å². The number of nitrogens with one attached hydrogen (secondary N) is 2. The minimum absolute atomic E-state index is 0. The molecule has 2 aromatic rings. The third kappa shape index (κ3) is 6.31. The number of piperidine rings is 1. The summed E-state index contributed by atoms with van der Waals surface area (Å²) in [5.41, 5.74) is 2.10. The highest BCUT2D eigenvalue weighted by Crippen LogP contribution is 2.24. The number of benzene rings is 1. The summed E-state index contributed by atoms with van der Waals surface area (Å²) < 4.78 is 5.26. The van der Waals surface area contributed by atoms with Crippen LogP contribution in [0.4, 0.5) is 0 Å². The largest absolute Gasteiger partial charge is 0.356 e. The molecule has 1 amide bonds. The number of hydrogen-bond donors (Lipinski definition) is 2. The molecule has 0 aliphatic carbocycles. The Labute approximate surface area is 173 Å². The van der Waals surface area contributed by atoms with Gasteiger partial charge in [0, 0.05) is 24.9 Å². The van der Waals surface area contributed by atoms with E-state index in [1.807, 2.05) is 19.1 Å². The third-order valence-electron chi connectivity index (χ3n) is 5.42. The van der Waals surface area contributed by atoms with Crippen molar-refractivity contribution in [2.75, 3.05) is 19.6 Å². The minimum Gasteiger partial charge on any atom is -0.356 e. The Kier molecular flexibility index (Phi) is 8.93. The van der Waals surface area contributed by atoms with Gasteiger partial charge in [-0.1, -0.05) is 31.1 Å². The summed E-state index contributed by atoms with van der Waals surface area (Å²) in [6.45, 7) is 7.03. The molecular weight excluding hydrogens is 376 g/mol. The number of carbonyl (C=O) groups excluding carboxylic acids is 1. The first-order valence-electron chi connectivity index (χ1n) is 10.0. The molecule has 0 radical (unpaired) electrons. The van der Waals surface area contributed by atoms with Crippen molar-refractivity contribution in [2.24, 2.45) is 11.8 Å². The quantitative estimate of drug-likeness (QED) is 0.702. The van der Waals surface area contributed by atoms with Gasteiger partial charge in [-0.25, -0.2) is 0 Å². The van der Waals surface area contributed by atoms with E-state index in [0.29, 0.717) is 30.7 Å². The molecule has 1 aliphatic rings. The molecule has 1 aliphatic heterocycles. The Balaban J connectivity index is 0.00000280. The van der Waals surface area contributed by atoms with Crippen LogP contribution >= 0.6 is 12.4 Å². The van der Waals surface area contributed by atoms with Gasteiger partial charge in [0.1, 0.15) is 0 Å². The van der Waals surface area contributed by atoms with Crippen LogP contribution in [-0.2, 0) is 17.6 Å². The highest BCUT2D eigenvalue weighted by Gasteiger charge is 2.21. The minimum atomic E-state index is 0. The molecule has 1 aromatic heterocycles. The van der Waals surface area contributed by atoms with E-state index in [4.69, 9.17) is 4.52 Å². The maximum atomic E-state index is 12.2. The third-order valence-corrected chi connectivity index (χ3v) is 5.42. The van der Waals surface area contributed by atoms with Gasteiger partial charge in [-0.2, -0.15) is 4.98 Å². The molecule has 6 nitrogen and oxygen atoms in total. The summed E-state index contributed by atoms with van der Waals surface area (Å²) in [6, 6.07) is 8.08. The lowest BCUT2D eigenvalue weighted by Crippen LogP contribution is -2.34. The van der Waals surface area contributed by atoms with Gasteiger partial charge in [0.15, 0.2) is 5.82 Å². The van der Waals surface area contributed by atoms with E-state index in [0.717, 1.165) is 37.3 Å². The Morgan fingerprint density at radius 2 is 2.00 bits per heavy atom. The highest BCUT2D eigenvalue weighted by atomic mass is 35.5. The first-order valence-corrected chi connectivity index (χ1v) is 10.0. The average molecular weight is 407 g/mol. The second-order valence-electron chi connectivity index (χ2n) is 7.44. The Bertz CT molecular complexity index is 726. The van der Waals surface area contributed by atoms with E-state index in [2.05, 4.69) is 39.8 Å². The van der Waals surface area contributed by atoms with Crippen molar-refractivity contribution in [2.45, 2.75) is 46.0 Å². The molecule has 154 valence electrons. The summed E-state index contributed by atoms with van der Waals surface area (Å²) in [5.74, 6) is 2.56. The molecule has 0 saturated carbocycles. The number of halogens is 1. The van der Waals surface area contributed by atoms with E-state index < -0.39 is 0 Å². The van der Waals surface area contributed by atoms with Crippen molar-refractivity contribution in [1.82, 2.24) is 20.8 Å². The number of aryl methyl sites for hydroxylation is 1. The van der Waals surface area contributed by atoms with Crippen LogP contribution in [0.5, 0.6) is 0 Å². The fourth-order valence-electron chi connectivity index (χ4n) is 3.62. The van der Waals surface area contributed by atoms with Crippen LogP contribution in [0.25, 0.3) is 11.5 Å². The standard InChI is InChI=1S/C21H30N4O2.ClH/c1-3-19-24-21(27-25-19)18-6-4-16(5-7-18)8-13-23-20(26)14-15(2)17-9-11-22-12-10-17;/h4-7,15,17,22H,3,8-14H2,1-2H3,(H,23,26);1H. The van der Waals surface area contributed by atoms with Crippen LogP contribution in [-0.4, -0.2) is 35.7 Å². The normalized spacial score (nSPS) is 15.6. The molecule has 2 N–H and O–H groups in total. The van der Waals surface area contributed by atoms with Gasteiger partial charge >= 0.3 is 0 Å². The topological polar surface area (TPSA) is 80.0 Å². The first kappa shape index (κ1) is 22.4. The van der Waals surface area contributed by atoms with Gasteiger partial charge in [0.2, 0.25) is 5.91 Å². The second-order valence-corrected chi connectivity index (χ2v) is 7.44. The molecule has 0 bridgehead atoms. The lowest BCUT2D eigenvalue weighted by molar-refractivity contribution is -0.122. The zero-order chi connectivity index (χ0) is 19.1. The van der Waals surface area contributed by atoms with Crippen molar-refractivity contribution in [3.8, 4) is 11.5 Å². The summed E-state index contributed by atoms with van der Waals surface area (Å²) in [4.78, 5) is 16.5. The predicted molar refractivity (Wildman–Crippen MR) is 112 cm³/mol. The van der Waals surface area contributed by atoms with Gasteiger partial charge < -0.3 is 15.2 Å². The molecule has 1 aromatic carbocycles. The van der Waals surface area contributed by atoms with Gasteiger partial charge in [-0.15, -0.1) is 12.4 Å². The number of carbonyl (C=O) groups is 1. The number of hydrogen-bond acceptors (Lipinski definition) is 5. The maximum Gasteiger partial charge on any atom is 0.257 e. The second kappa shape index (κ2) is 11.2. The summed E-state index contributed by atoms with van der Waals surface area (Å²) in [7, 11) is 0. The predicted octanol–water partition coefficient (Wildman–Crippen LogP) is 3.41. The Hall–Kier alpha value is -1.92. The van der Waals surface area contributed by atoms with E-state index in [1.54, 1.807) is 0 Å². The molecule has 3 rings (SSSR count). The number of rotatable bonds is 8. The van der Waals surface area contributed by atoms with E-state index in [-0.39, 0.29) is 18.3 Å². The summed E-state index contributed by atoms with van der Waals surface area (Å²) in [6.07, 6.45) is 4.57. The number of amides is 1. The van der Waals surface area contributed by atoms with E-state index >= 15 is 0 Å². The fourth-order valence-corrected chi connectivity index (χ4v) is 3.62. The maximum absolute atomic E-state index is 12.2. The Morgan fingerprint density at radius 3 is 2.64 bits per heavy atom. The van der Waals surface area contributed by atoms with Crippen molar-refractivity contribution in [1.29, 1.82) is 0 Å². The number of nitrogens with zero attached hydrogens (tertiary/aromatic N) is 2. The first-order chi connectivity index (χ1) is 13.2. The van der Waals surface area contributed by atoms with Crippen LogP contribution in [0.2, 0.25) is 0 Å². The molecule has 1 unspecified atom stereocenters. The lowest BCUT2D eigenvalue weighted by atomic mass is 9.84. The van der Waals surface area contributed by atoms with Gasteiger partial charge in [0.05, 0.1) is 0 Å². The van der Waals surface area contributed by atoms with Crippen LogP contribution < -0.4 is 10.6 Å². The molecule has 7 heteroatoms. The highest BCUT2D eigenvalue weighted by molar-refractivity contribution is 5.85. The SMILES string of the molecule is CCc1noc(-c2ccc(CCNC(=O)CC(C)C3CCNCC3)cc2)n1.Cl. The zero-order valence-corrected chi connectivity index (χ0v) is 17.6. The molecule has 28 heavy (non-hydrogen) atoms. The Morgan fingerprint density at radius 1 is 1.29 bits per heavy atom. The fraction of sp³-hybridized carbons (Fsp3) is 0.571. The molecule has 1 atom stereocenters. The van der Waals surface area contributed by atoms with Gasteiger partial charge in [0.25, 0.3) is 5.89 Å². The lowest BCUT2D eigenvalue weighted by Gasteiger charge is -2.27. The number of aromatic nitrogens is 2. The smallest absolute Gasteiger partial charge is 0.257 e. The van der Waals surface area contributed by atoms with Gasteiger partial charge in [-0.05, 0) is 61.9 Å². The van der Waals surface area contributed by atoms with E-state index in [1.165, 1.54) is 18.4 Å². The van der Waals surface area contributed by atoms with Crippen molar-refractivity contribution in [3.63, 3.8) is 0 Å². The monoisotopic (exact) mass is 406 g/mol.